The number of aliphatic hydroxyl groups is 8. The number of nitrogens with one attached hydrogen (secondary N) is 3. The number of aliphatic hydroxyl groups excluding tert-OH is 8. The van der Waals surface area contributed by atoms with Gasteiger partial charge in [-0.25, -0.2) is 0 Å². The monoisotopic (exact) mass is 627 g/mol. The van der Waals surface area contributed by atoms with Gasteiger partial charge in [-0.2, -0.15) is 0 Å². The van der Waals surface area contributed by atoms with E-state index in [0.29, 0.717) is 0 Å². The van der Waals surface area contributed by atoms with Gasteiger partial charge in [0.25, 0.3) is 0 Å². The molecule has 43 heavy (non-hydrogen) atoms. The van der Waals surface area contributed by atoms with Crippen LogP contribution in [0, 0.1) is 0 Å². The molecule has 0 saturated carbocycles. The van der Waals surface area contributed by atoms with Crippen LogP contribution < -0.4 is 16.0 Å². The van der Waals surface area contributed by atoms with Gasteiger partial charge in [-0.15, -0.1) is 0 Å². The summed E-state index contributed by atoms with van der Waals surface area (Å²) >= 11 is 0. The minimum absolute atomic E-state index is 0.628. The predicted octanol–water partition coefficient (Wildman–Crippen LogP) is -7.14. The summed E-state index contributed by atoms with van der Waals surface area (Å²) in [4.78, 5) is 35.5. The van der Waals surface area contributed by atoms with Crippen LogP contribution in [-0.2, 0) is 38.1 Å². The average Bonchev–Trinajstić information content (AvgIpc) is 2.94. The molecule has 19 heteroatoms. The van der Waals surface area contributed by atoms with Gasteiger partial charge in [-0.1, -0.05) is 0 Å². The normalized spacial score (nSPS) is 43.5. The summed E-state index contributed by atoms with van der Waals surface area (Å²) in [6, 6.07) is -4.31. The second kappa shape index (κ2) is 15.3. The Morgan fingerprint density at radius 2 is 0.930 bits per heavy atom. The van der Waals surface area contributed by atoms with E-state index in [4.69, 9.17) is 23.7 Å². The van der Waals surface area contributed by atoms with Crippen molar-refractivity contribution in [3.8, 4) is 0 Å². The molecule has 11 N–H and O–H groups in total. The van der Waals surface area contributed by atoms with Crippen LogP contribution in [0.3, 0.4) is 0 Å². The van der Waals surface area contributed by atoms with Gasteiger partial charge in [-0.05, 0) is 0 Å². The third-order valence-corrected chi connectivity index (χ3v) is 7.30. The summed E-state index contributed by atoms with van der Waals surface area (Å²) in [5.74, 6) is -1.96. The quantitative estimate of drug-likeness (QED) is 0.107. The fraction of sp³-hybridized carbons (Fsp3) is 0.875. The largest absolute Gasteiger partial charge is 0.394 e. The summed E-state index contributed by atoms with van der Waals surface area (Å²) in [5, 5.41) is 90.0. The molecule has 0 unspecified atom stereocenters. The second-order valence-electron chi connectivity index (χ2n) is 10.5. The van der Waals surface area contributed by atoms with E-state index in [2.05, 4.69) is 16.0 Å². The molecule has 248 valence electrons. The predicted molar refractivity (Wildman–Crippen MR) is 136 cm³/mol. The first kappa shape index (κ1) is 35.4. The standard InChI is InChI=1S/C24H41N3O16/c1-7(31)25-13-18(36)20(11(5-29)39-22(13)38)42-24-15(27-9(3)33)19(37)21(12(6-30)41-24)43-23-14(26-8(2)32)17(35)16(34)10(4-28)40-23/h10-24,28-30,34-38H,4-6H2,1-3H3,(H,25,31)(H,26,32)(H,27,33)/t10-,11-,12-,13+,14+,15+,16+,17-,18+,19-,20+,21+,22-,23+,24+/m0/s1. The summed E-state index contributed by atoms with van der Waals surface area (Å²) < 4.78 is 28.3. The Bertz CT molecular complexity index is 962. The number of ether oxygens (including phenoxy) is 5. The summed E-state index contributed by atoms with van der Waals surface area (Å²) in [6.07, 6.45) is -19.0. The topological polar surface area (TPSA) is 295 Å². The molecule has 3 aliphatic rings. The lowest BCUT2D eigenvalue weighted by Crippen LogP contribution is -2.71. The van der Waals surface area contributed by atoms with Crippen molar-refractivity contribution >= 4 is 17.7 Å². The summed E-state index contributed by atoms with van der Waals surface area (Å²) in [5.41, 5.74) is 0. The highest BCUT2D eigenvalue weighted by Gasteiger charge is 2.54. The molecule has 0 aliphatic carbocycles. The fourth-order valence-corrected chi connectivity index (χ4v) is 5.28. The first-order valence-electron chi connectivity index (χ1n) is 13.5. The van der Waals surface area contributed by atoms with E-state index in [-0.39, 0.29) is 0 Å². The Labute approximate surface area is 245 Å². The molecule has 3 heterocycles. The number of hydrogen-bond acceptors (Lipinski definition) is 16. The smallest absolute Gasteiger partial charge is 0.217 e. The van der Waals surface area contributed by atoms with Crippen molar-refractivity contribution in [3.05, 3.63) is 0 Å². The van der Waals surface area contributed by atoms with Crippen molar-refractivity contribution in [2.45, 2.75) is 113 Å². The van der Waals surface area contributed by atoms with Crippen LogP contribution in [0.4, 0.5) is 0 Å². The van der Waals surface area contributed by atoms with Gasteiger partial charge >= 0.3 is 0 Å². The van der Waals surface area contributed by atoms with E-state index in [1.165, 1.54) is 0 Å². The number of carbonyl (C=O) groups excluding carboxylic acids is 3. The van der Waals surface area contributed by atoms with Crippen molar-refractivity contribution in [3.63, 3.8) is 0 Å². The molecular formula is C24H41N3O16. The van der Waals surface area contributed by atoms with E-state index in [0.717, 1.165) is 20.8 Å². The second-order valence-corrected chi connectivity index (χ2v) is 10.5. The minimum atomic E-state index is -1.77. The van der Waals surface area contributed by atoms with Crippen LogP contribution in [0.1, 0.15) is 20.8 Å². The van der Waals surface area contributed by atoms with E-state index in [9.17, 15) is 55.2 Å². The third-order valence-electron chi connectivity index (χ3n) is 7.30. The zero-order valence-electron chi connectivity index (χ0n) is 23.6. The van der Waals surface area contributed by atoms with Crippen LogP contribution in [-0.4, -0.2) is 170 Å². The van der Waals surface area contributed by atoms with Gasteiger partial charge in [0, 0.05) is 20.8 Å². The molecule has 0 bridgehead atoms. The Kier molecular flexibility index (Phi) is 12.5. The van der Waals surface area contributed by atoms with Crippen LogP contribution in [0.2, 0.25) is 0 Å². The number of carbonyl (C=O) groups is 3. The van der Waals surface area contributed by atoms with Gasteiger partial charge in [0.1, 0.15) is 73.1 Å². The molecule has 0 spiro atoms. The van der Waals surface area contributed by atoms with Crippen molar-refractivity contribution in [1.82, 2.24) is 16.0 Å². The third kappa shape index (κ3) is 8.14. The molecule has 3 rings (SSSR count). The SMILES string of the molecule is CC(=O)N[C@@H]1[C@@H](O)[C@H](O[C@H]2O[C@@H](CO)[C@@H](O[C@H]3O[C@@H](CO)[C@@H](O)[C@@H](O)[C@H]3NC(C)=O)[C@@H](O)[C@H]2NC(C)=O)[C@H](CO)O[C@@H]1O. The van der Waals surface area contributed by atoms with E-state index in [1.807, 2.05) is 0 Å². The van der Waals surface area contributed by atoms with Crippen molar-refractivity contribution in [2.75, 3.05) is 19.8 Å². The number of rotatable bonds is 10. The maximum atomic E-state index is 12.1. The van der Waals surface area contributed by atoms with Crippen molar-refractivity contribution in [1.29, 1.82) is 0 Å². The fourth-order valence-electron chi connectivity index (χ4n) is 5.28. The van der Waals surface area contributed by atoms with Crippen molar-refractivity contribution in [2.24, 2.45) is 0 Å². The lowest BCUT2D eigenvalue weighted by atomic mass is 9.93. The molecule has 3 amide bonds. The highest BCUT2D eigenvalue weighted by Crippen LogP contribution is 2.32. The van der Waals surface area contributed by atoms with E-state index in [1.54, 1.807) is 0 Å². The molecule has 3 saturated heterocycles. The first-order chi connectivity index (χ1) is 20.2. The molecule has 0 radical (unpaired) electrons. The number of hydrogen-bond donors (Lipinski definition) is 11. The van der Waals surface area contributed by atoms with Gasteiger partial charge < -0.3 is 80.5 Å². The molecule has 15 atom stereocenters. The van der Waals surface area contributed by atoms with Gasteiger partial charge in [0.2, 0.25) is 17.7 Å². The first-order valence-corrected chi connectivity index (χ1v) is 13.5. The van der Waals surface area contributed by atoms with E-state index < -0.39 is 129 Å². The zero-order valence-corrected chi connectivity index (χ0v) is 23.6. The highest BCUT2D eigenvalue weighted by molar-refractivity contribution is 5.74. The zero-order chi connectivity index (χ0) is 32.2. The lowest BCUT2D eigenvalue weighted by Gasteiger charge is -2.49. The maximum Gasteiger partial charge on any atom is 0.217 e. The van der Waals surface area contributed by atoms with Crippen LogP contribution in [0.5, 0.6) is 0 Å². The van der Waals surface area contributed by atoms with E-state index >= 15 is 0 Å². The minimum Gasteiger partial charge on any atom is -0.394 e. The summed E-state index contributed by atoms with van der Waals surface area (Å²) in [7, 11) is 0. The molecule has 0 aromatic carbocycles. The maximum absolute atomic E-state index is 12.1. The molecule has 3 aliphatic heterocycles. The van der Waals surface area contributed by atoms with Gasteiger partial charge in [0.05, 0.1) is 19.8 Å². The van der Waals surface area contributed by atoms with Crippen LogP contribution in [0.25, 0.3) is 0 Å². The highest BCUT2D eigenvalue weighted by atomic mass is 16.7. The summed E-state index contributed by atoms with van der Waals surface area (Å²) in [6.45, 7) is 0.995. The Morgan fingerprint density at radius 1 is 0.558 bits per heavy atom. The van der Waals surface area contributed by atoms with Crippen LogP contribution >= 0.6 is 0 Å². The molecule has 0 aromatic heterocycles. The van der Waals surface area contributed by atoms with Crippen LogP contribution in [0.15, 0.2) is 0 Å². The molecule has 0 aromatic rings. The number of amides is 3. The Morgan fingerprint density at radius 3 is 1.37 bits per heavy atom. The Hall–Kier alpha value is -2.11. The molecule has 3 fully saturated rings. The Balaban J connectivity index is 1.89. The average molecular weight is 628 g/mol. The lowest BCUT2D eigenvalue weighted by molar-refractivity contribution is -0.351. The molecular weight excluding hydrogens is 586 g/mol. The van der Waals surface area contributed by atoms with Gasteiger partial charge in [0.15, 0.2) is 18.9 Å². The molecule has 19 nitrogen and oxygen atoms in total. The van der Waals surface area contributed by atoms with Crippen molar-refractivity contribution < 1.29 is 78.9 Å². The van der Waals surface area contributed by atoms with Gasteiger partial charge in [-0.3, -0.25) is 14.4 Å².